The van der Waals surface area contributed by atoms with E-state index in [-0.39, 0.29) is 9.92 Å². The number of ether oxygens (including phenoxy) is 1. The summed E-state index contributed by atoms with van der Waals surface area (Å²) in [5.74, 6) is 0.421. The third-order valence-corrected chi connectivity index (χ3v) is 6.61. The number of sulfone groups is 1. The predicted molar refractivity (Wildman–Crippen MR) is 99.0 cm³/mol. The molecule has 2 N–H and O–H groups in total. The second-order valence-corrected chi connectivity index (χ2v) is 8.81. The number of nitrogens with zero attached hydrogens (tertiary/aromatic N) is 1. The molecule has 1 fully saturated rings. The first kappa shape index (κ1) is 19.6. The first-order valence-electron chi connectivity index (χ1n) is 8.33. The van der Waals surface area contributed by atoms with Crippen molar-refractivity contribution in [2.75, 3.05) is 0 Å². The van der Waals surface area contributed by atoms with Crippen LogP contribution in [0.4, 0.5) is 0 Å². The van der Waals surface area contributed by atoms with E-state index in [1.807, 2.05) is 0 Å². The van der Waals surface area contributed by atoms with Crippen LogP contribution in [0.2, 0.25) is 5.02 Å². The van der Waals surface area contributed by atoms with E-state index >= 15 is 0 Å². The van der Waals surface area contributed by atoms with Crippen molar-refractivity contribution in [3.05, 3.63) is 58.9 Å². The van der Waals surface area contributed by atoms with Crippen LogP contribution in [0.15, 0.2) is 41.9 Å². The summed E-state index contributed by atoms with van der Waals surface area (Å²) in [6, 6.07) is 4.01. The topological polar surface area (TPSA) is 109 Å². The number of benzene rings is 1. The van der Waals surface area contributed by atoms with Gasteiger partial charge < -0.3 is 9.84 Å². The summed E-state index contributed by atoms with van der Waals surface area (Å²) in [7, 11) is -4.03. The average Bonchev–Trinajstić information content (AvgIpc) is 3.39. The lowest BCUT2D eigenvalue weighted by atomic mass is 10.0. The van der Waals surface area contributed by atoms with Crippen molar-refractivity contribution in [2.24, 2.45) is 0 Å². The fourth-order valence-electron chi connectivity index (χ4n) is 2.92. The maximum absolute atomic E-state index is 12.4. The molecule has 1 heterocycles. The molecule has 144 valence electrons. The summed E-state index contributed by atoms with van der Waals surface area (Å²) in [5.41, 5.74) is 0.479. The van der Waals surface area contributed by atoms with Gasteiger partial charge in [0.15, 0.2) is 5.44 Å². The highest BCUT2D eigenvalue weighted by molar-refractivity contribution is 7.92. The monoisotopic (exact) mass is 410 g/mol. The van der Waals surface area contributed by atoms with Crippen LogP contribution in [0.25, 0.3) is 0 Å². The van der Waals surface area contributed by atoms with E-state index in [0.29, 0.717) is 24.4 Å². The van der Waals surface area contributed by atoms with Crippen LogP contribution < -0.4 is 0 Å². The van der Waals surface area contributed by atoms with Crippen molar-refractivity contribution in [1.82, 2.24) is 10.2 Å². The number of rotatable bonds is 9. The molecule has 2 aromatic rings. The number of halogens is 1. The van der Waals surface area contributed by atoms with E-state index in [1.54, 1.807) is 6.20 Å². The largest absolute Gasteiger partial charge is 0.459 e. The van der Waals surface area contributed by atoms with Crippen molar-refractivity contribution in [3.63, 3.8) is 0 Å². The van der Waals surface area contributed by atoms with Crippen LogP contribution in [0.5, 0.6) is 0 Å². The van der Waals surface area contributed by atoms with E-state index < -0.39 is 21.4 Å². The lowest BCUT2D eigenvalue weighted by molar-refractivity contribution is -0.133. The minimum absolute atomic E-state index is 0.136. The molecule has 1 aromatic heterocycles. The first-order chi connectivity index (χ1) is 12.9. The van der Waals surface area contributed by atoms with Gasteiger partial charge in [-0.2, -0.15) is 5.10 Å². The number of carbonyl (C=O) groups excluding carboxylic acids is 1. The summed E-state index contributed by atoms with van der Waals surface area (Å²) in [6.07, 6.45) is 4.25. The van der Waals surface area contributed by atoms with Crippen LogP contribution in [-0.4, -0.2) is 35.6 Å². The third-order valence-electron chi connectivity index (χ3n) is 4.52. The van der Waals surface area contributed by atoms with E-state index in [4.69, 9.17) is 16.3 Å². The van der Waals surface area contributed by atoms with E-state index in [2.05, 4.69) is 16.8 Å². The van der Waals surface area contributed by atoms with Crippen LogP contribution in [0, 0.1) is 0 Å². The summed E-state index contributed by atoms with van der Waals surface area (Å²) < 4.78 is 30.0. The smallest absolute Gasteiger partial charge is 0.293 e. The van der Waals surface area contributed by atoms with Gasteiger partial charge in [-0.05, 0) is 42.7 Å². The molecule has 2 atom stereocenters. The van der Waals surface area contributed by atoms with Gasteiger partial charge >= 0.3 is 0 Å². The molecular formula is C18H19ClN2O5S. The van der Waals surface area contributed by atoms with E-state index in [9.17, 15) is 18.3 Å². The molecule has 1 saturated carbocycles. The molecule has 3 rings (SSSR count). The quantitative estimate of drug-likeness (QED) is 0.486. The second-order valence-electron chi connectivity index (χ2n) is 6.36. The van der Waals surface area contributed by atoms with Crippen LogP contribution >= 0.6 is 11.6 Å². The molecule has 1 aliphatic carbocycles. The minimum Gasteiger partial charge on any atom is -0.459 e. The molecule has 0 saturated heterocycles. The maximum Gasteiger partial charge on any atom is 0.293 e. The fraction of sp³-hybridized carbons (Fsp3) is 0.333. The Labute approximate surface area is 161 Å². The molecule has 27 heavy (non-hydrogen) atoms. The van der Waals surface area contributed by atoms with Crippen molar-refractivity contribution in [1.29, 1.82) is 0 Å². The summed E-state index contributed by atoms with van der Waals surface area (Å²) in [6.45, 7) is 3.61. The molecule has 0 spiro atoms. The standard InChI is InChI=1S/C18H19ClN2O5S/c1-2-17(23)27(24,25)13-5-6-15(19)14(8-13)16(26-10-22)7-12-9-20-21-18(12)11-3-4-11/h2,5-6,8-11,16-17,23H,1,3-4,7H2,(H,20,21). The Bertz CT molecular complexity index is 952. The zero-order valence-corrected chi connectivity index (χ0v) is 15.9. The lowest BCUT2D eigenvalue weighted by Crippen LogP contribution is -2.19. The Morgan fingerprint density at radius 1 is 1.44 bits per heavy atom. The third kappa shape index (κ3) is 4.07. The Morgan fingerprint density at radius 2 is 2.19 bits per heavy atom. The van der Waals surface area contributed by atoms with Gasteiger partial charge in [-0.15, -0.1) is 0 Å². The van der Waals surface area contributed by atoms with Crippen molar-refractivity contribution in [3.8, 4) is 0 Å². The zero-order chi connectivity index (χ0) is 19.6. The summed E-state index contributed by atoms with van der Waals surface area (Å²) in [5, 5.41) is 17.0. The Morgan fingerprint density at radius 3 is 2.81 bits per heavy atom. The highest BCUT2D eigenvalue weighted by Crippen LogP contribution is 2.42. The SMILES string of the molecule is C=CC(O)S(=O)(=O)c1ccc(Cl)c(C(Cc2cn[nH]c2C2CC2)OC=O)c1. The van der Waals surface area contributed by atoms with Gasteiger partial charge in [0.25, 0.3) is 6.47 Å². The number of aliphatic hydroxyl groups is 1. The number of carbonyl (C=O) groups is 1. The summed E-state index contributed by atoms with van der Waals surface area (Å²) >= 11 is 6.25. The molecule has 0 bridgehead atoms. The van der Waals surface area contributed by atoms with Gasteiger partial charge in [0, 0.05) is 28.6 Å². The first-order valence-corrected chi connectivity index (χ1v) is 10.3. The van der Waals surface area contributed by atoms with Crippen molar-refractivity contribution in [2.45, 2.75) is 41.6 Å². The maximum atomic E-state index is 12.4. The Balaban J connectivity index is 1.97. The van der Waals surface area contributed by atoms with Gasteiger partial charge in [-0.25, -0.2) is 8.42 Å². The van der Waals surface area contributed by atoms with E-state index in [1.165, 1.54) is 18.2 Å². The Kier molecular flexibility index (Phi) is 5.69. The normalized spacial score (nSPS) is 16.5. The molecule has 9 heteroatoms. The molecule has 2 unspecified atom stereocenters. The number of aliphatic hydroxyl groups excluding tert-OH is 1. The second kappa shape index (κ2) is 7.84. The van der Waals surface area contributed by atoms with Crippen LogP contribution in [-0.2, 0) is 25.8 Å². The van der Waals surface area contributed by atoms with E-state index in [0.717, 1.165) is 30.2 Å². The highest BCUT2D eigenvalue weighted by Gasteiger charge is 2.30. The molecule has 1 aliphatic rings. The van der Waals surface area contributed by atoms with Gasteiger partial charge in [-0.1, -0.05) is 18.2 Å². The van der Waals surface area contributed by atoms with Gasteiger partial charge in [-0.3, -0.25) is 9.89 Å². The average molecular weight is 411 g/mol. The van der Waals surface area contributed by atoms with Crippen LogP contribution in [0.1, 0.15) is 41.7 Å². The lowest BCUT2D eigenvalue weighted by Gasteiger charge is -2.18. The number of nitrogens with one attached hydrogen (secondary N) is 1. The van der Waals surface area contributed by atoms with Crippen LogP contribution in [0.3, 0.4) is 0 Å². The van der Waals surface area contributed by atoms with Crippen molar-refractivity contribution >= 4 is 27.9 Å². The van der Waals surface area contributed by atoms with Gasteiger partial charge in [0.2, 0.25) is 9.84 Å². The predicted octanol–water partition coefficient (Wildman–Crippen LogP) is 2.68. The molecular weight excluding hydrogens is 392 g/mol. The number of aromatic amines is 1. The van der Waals surface area contributed by atoms with Gasteiger partial charge in [0.05, 0.1) is 11.1 Å². The zero-order valence-electron chi connectivity index (χ0n) is 14.3. The number of aromatic nitrogens is 2. The van der Waals surface area contributed by atoms with Crippen molar-refractivity contribution < 1.29 is 23.1 Å². The molecule has 0 aliphatic heterocycles. The minimum atomic E-state index is -4.03. The molecule has 1 aromatic carbocycles. The Hall–Kier alpha value is -2.16. The summed E-state index contributed by atoms with van der Waals surface area (Å²) in [4.78, 5) is 10.9. The number of hydrogen-bond acceptors (Lipinski definition) is 6. The fourth-order valence-corrected chi connectivity index (χ4v) is 4.24. The number of H-pyrrole nitrogens is 1. The molecule has 7 nitrogen and oxygen atoms in total. The molecule has 0 radical (unpaired) electrons. The molecule has 0 amide bonds. The van der Waals surface area contributed by atoms with Gasteiger partial charge in [0.1, 0.15) is 6.10 Å². The highest BCUT2D eigenvalue weighted by atomic mass is 35.5. The number of hydrogen-bond donors (Lipinski definition) is 2.